The van der Waals surface area contributed by atoms with E-state index in [1.165, 1.54) is 0 Å². The number of urea groups is 1. The van der Waals surface area contributed by atoms with Gasteiger partial charge in [0.2, 0.25) is 0 Å². The molecule has 1 aromatic rings. The molecule has 1 atom stereocenters. The summed E-state index contributed by atoms with van der Waals surface area (Å²) in [6.07, 6.45) is 1.10. The molecule has 1 aromatic carbocycles. The van der Waals surface area contributed by atoms with Gasteiger partial charge in [-0.25, -0.2) is 9.59 Å². The Morgan fingerprint density at radius 3 is 2.44 bits per heavy atom. The average Bonchev–Trinajstić information content (AvgIpc) is 2.31. The molecule has 0 saturated carbocycles. The third-order valence-electron chi connectivity index (χ3n) is 2.28. The first-order chi connectivity index (χ1) is 8.52. The zero-order valence-electron chi connectivity index (χ0n) is 9.94. The van der Waals surface area contributed by atoms with Crippen molar-refractivity contribution >= 4 is 33.6 Å². The van der Waals surface area contributed by atoms with Gasteiger partial charge in [-0.2, -0.15) is 0 Å². The molecule has 0 saturated heterocycles. The van der Waals surface area contributed by atoms with Crippen LogP contribution in [-0.2, 0) is 4.79 Å². The lowest BCUT2D eigenvalue weighted by Crippen LogP contribution is -2.42. The van der Waals surface area contributed by atoms with Crippen LogP contribution in [0.25, 0.3) is 0 Å². The van der Waals surface area contributed by atoms with E-state index in [2.05, 4.69) is 26.6 Å². The maximum atomic E-state index is 11.6. The van der Waals surface area contributed by atoms with Crippen LogP contribution in [-0.4, -0.2) is 23.1 Å². The van der Waals surface area contributed by atoms with Gasteiger partial charge in [-0.05, 0) is 30.7 Å². The number of anilines is 1. The van der Waals surface area contributed by atoms with E-state index < -0.39 is 18.0 Å². The largest absolute Gasteiger partial charge is 0.480 e. The second-order valence-electron chi connectivity index (χ2n) is 3.78. The Morgan fingerprint density at radius 2 is 1.94 bits per heavy atom. The summed E-state index contributed by atoms with van der Waals surface area (Å²) in [6, 6.07) is 5.65. The molecule has 6 heteroatoms. The van der Waals surface area contributed by atoms with Crippen LogP contribution in [0.3, 0.4) is 0 Å². The Kier molecular flexibility index (Phi) is 5.64. The highest BCUT2D eigenvalue weighted by atomic mass is 79.9. The quantitative estimate of drug-likeness (QED) is 0.782. The minimum atomic E-state index is -1.03. The minimum Gasteiger partial charge on any atom is -0.480 e. The Balaban J connectivity index is 2.54. The summed E-state index contributed by atoms with van der Waals surface area (Å²) in [7, 11) is 0. The predicted molar refractivity (Wildman–Crippen MR) is 72.6 cm³/mol. The number of halogens is 1. The van der Waals surface area contributed by atoms with Crippen LogP contribution in [0, 0.1) is 0 Å². The summed E-state index contributed by atoms with van der Waals surface area (Å²) in [6.45, 7) is 1.87. The van der Waals surface area contributed by atoms with E-state index in [0.717, 1.165) is 4.47 Å². The Hall–Kier alpha value is -1.56. The maximum Gasteiger partial charge on any atom is 0.326 e. The molecular weight excluding hydrogens is 300 g/mol. The molecule has 3 N–H and O–H groups in total. The number of carboxylic acid groups (broad SMARTS) is 1. The molecule has 0 radical (unpaired) electrons. The monoisotopic (exact) mass is 314 g/mol. The van der Waals surface area contributed by atoms with Crippen molar-refractivity contribution in [3.05, 3.63) is 28.7 Å². The molecular formula is C12H15BrN2O3. The van der Waals surface area contributed by atoms with Crippen LogP contribution in [0.2, 0.25) is 0 Å². The predicted octanol–water partition coefficient (Wildman–Crippen LogP) is 2.82. The number of hydrogen-bond acceptors (Lipinski definition) is 2. The molecule has 0 fully saturated rings. The van der Waals surface area contributed by atoms with Crippen molar-refractivity contribution in [2.24, 2.45) is 0 Å². The molecule has 0 heterocycles. The Bertz CT molecular complexity index is 420. The molecule has 2 amide bonds. The molecule has 0 bridgehead atoms. The normalized spacial score (nSPS) is 11.7. The first kappa shape index (κ1) is 14.5. The summed E-state index contributed by atoms with van der Waals surface area (Å²) in [5.41, 5.74) is 0.608. The maximum absolute atomic E-state index is 11.6. The third-order valence-corrected chi connectivity index (χ3v) is 2.81. The van der Waals surface area contributed by atoms with E-state index in [0.29, 0.717) is 18.5 Å². The van der Waals surface area contributed by atoms with Gasteiger partial charge in [0, 0.05) is 10.2 Å². The zero-order valence-corrected chi connectivity index (χ0v) is 11.5. The number of rotatable bonds is 5. The molecule has 0 spiro atoms. The zero-order chi connectivity index (χ0) is 13.5. The van der Waals surface area contributed by atoms with Crippen LogP contribution in [0.5, 0.6) is 0 Å². The van der Waals surface area contributed by atoms with E-state index in [9.17, 15) is 9.59 Å². The van der Waals surface area contributed by atoms with Gasteiger partial charge >= 0.3 is 12.0 Å². The van der Waals surface area contributed by atoms with Crippen molar-refractivity contribution in [3.63, 3.8) is 0 Å². The van der Waals surface area contributed by atoms with Crippen molar-refractivity contribution < 1.29 is 14.7 Å². The fraction of sp³-hybridized carbons (Fsp3) is 0.333. The SMILES string of the molecule is CCC[C@H](NC(=O)Nc1ccc(Br)cc1)C(=O)O. The number of benzene rings is 1. The lowest BCUT2D eigenvalue weighted by Gasteiger charge is -2.14. The van der Waals surface area contributed by atoms with Crippen molar-refractivity contribution in [2.45, 2.75) is 25.8 Å². The van der Waals surface area contributed by atoms with E-state index in [1.807, 2.05) is 6.92 Å². The first-order valence-corrected chi connectivity index (χ1v) is 6.38. The van der Waals surface area contributed by atoms with Crippen molar-refractivity contribution in [3.8, 4) is 0 Å². The second kappa shape index (κ2) is 7.00. The second-order valence-corrected chi connectivity index (χ2v) is 4.70. The molecule has 98 valence electrons. The lowest BCUT2D eigenvalue weighted by atomic mass is 10.2. The topological polar surface area (TPSA) is 78.4 Å². The van der Waals surface area contributed by atoms with Crippen molar-refractivity contribution in [1.82, 2.24) is 5.32 Å². The summed E-state index contributed by atoms with van der Waals surface area (Å²) in [5, 5.41) is 13.9. The molecule has 0 aliphatic rings. The Labute approximate surface area is 114 Å². The van der Waals surface area contributed by atoms with Gasteiger partial charge in [0.05, 0.1) is 0 Å². The molecule has 5 nitrogen and oxygen atoms in total. The standard InChI is InChI=1S/C12H15BrN2O3/c1-2-3-10(11(16)17)15-12(18)14-9-6-4-8(13)5-7-9/h4-7,10H,2-3H2,1H3,(H,16,17)(H2,14,15,18)/t10-/m0/s1. The fourth-order valence-corrected chi connectivity index (χ4v) is 1.67. The molecule has 18 heavy (non-hydrogen) atoms. The third kappa shape index (κ3) is 4.75. The molecule has 1 rings (SSSR count). The number of hydrogen-bond donors (Lipinski definition) is 3. The molecule has 0 unspecified atom stereocenters. The van der Waals surface area contributed by atoms with E-state index in [1.54, 1.807) is 24.3 Å². The number of amides is 2. The average molecular weight is 315 g/mol. The number of nitrogens with one attached hydrogen (secondary N) is 2. The van der Waals surface area contributed by atoms with Crippen LogP contribution < -0.4 is 10.6 Å². The first-order valence-electron chi connectivity index (χ1n) is 5.58. The van der Waals surface area contributed by atoms with Gasteiger partial charge in [0.1, 0.15) is 6.04 Å². The van der Waals surface area contributed by atoms with Crippen LogP contribution >= 0.6 is 15.9 Å². The van der Waals surface area contributed by atoms with E-state index in [-0.39, 0.29) is 0 Å². The van der Waals surface area contributed by atoms with Gasteiger partial charge in [0.25, 0.3) is 0 Å². The van der Waals surface area contributed by atoms with Crippen LogP contribution in [0.15, 0.2) is 28.7 Å². The number of aliphatic carboxylic acids is 1. The fourth-order valence-electron chi connectivity index (χ4n) is 1.40. The lowest BCUT2D eigenvalue weighted by molar-refractivity contribution is -0.139. The summed E-state index contributed by atoms with van der Waals surface area (Å²) >= 11 is 3.29. The van der Waals surface area contributed by atoms with Gasteiger partial charge in [-0.15, -0.1) is 0 Å². The Morgan fingerprint density at radius 1 is 1.33 bits per heavy atom. The van der Waals surface area contributed by atoms with Crippen LogP contribution in [0.4, 0.5) is 10.5 Å². The smallest absolute Gasteiger partial charge is 0.326 e. The van der Waals surface area contributed by atoms with Gasteiger partial charge in [-0.3, -0.25) is 0 Å². The summed E-state index contributed by atoms with van der Waals surface area (Å²) < 4.78 is 0.905. The minimum absolute atomic E-state index is 0.406. The number of carbonyl (C=O) groups excluding carboxylic acids is 1. The van der Waals surface area contributed by atoms with Gasteiger partial charge < -0.3 is 15.7 Å². The highest BCUT2D eigenvalue weighted by molar-refractivity contribution is 9.10. The number of carboxylic acids is 1. The summed E-state index contributed by atoms with van der Waals surface area (Å²) in [5.74, 6) is -1.03. The highest BCUT2D eigenvalue weighted by Crippen LogP contribution is 2.13. The van der Waals surface area contributed by atoms with E-state index >= 15 is 0 Å². The van der Waals surface area contributed by atoms with Gasteiger partial charge in [0.15, 0.2) is 0 Å². The summed E-state index contributed by atoms with van der Waals surface area (Å²) in [4.78, 5) is 22.5. The number of carbonyl (C=O) groups is 2. The highest BCUT2D eigenvalue weighted by Gasteiger charge is 2.18. The van der Waals surface area contributed by atoms with Gasteiger partial charge in [-0.1, -0.05) is 29.3 Å². The van der Waals surface area contributed by atoms with Crippen molar-refractivity contribution in [1.29, 1.82) is 0 Å². The molecule has 0 aliphatic heterocycles. The van der Waals surface area contributed by atoms with E-state index in [4.69, 9.17) is 5.11 Å². The molecule has 0 aliphatic carbocycles. The van der Waals surface area contributed by atoms with Crippen LogP contribution in [0.1, 0.15) is 19.8 Å². The molecule has 0 aromatic heterocycles. The van der Waals surface area contributed by atoms with Crippen molar-refractivity contribution in [2.75, 3.05) is 5.32 Å².